The Morgan fingerprint density at radius 3 is 2.80 bits per heavy atom. The first-order chi connectivity index (χ1) is 14.7. The number of hydrogen-bond acceptors (Lipinski definition) is 6. The fourth-order valence-electron chi connectivity index (χ4n) is 3.77. The molecule has 0 spiro atoms. The quantitative estimate of drug-likeness (QED) is 0.571. The number of carbonyl (C=O) groups is 1. The van der Waals surface area contributed by atoms with Gasteiger partial charge < -0.3 is 9.64 Å². The highest BCUT2D eigenvalue weighted by molar-refractivity contribution is 7.09. The minimum atomic E-state index is -0.146. The average molecular weight is 423 g/mol. The normalized spacial score (nSPS) is 18.6. The van der Waals surface area contributed by atoms with Crippen LogP contribution in [0.4, 0.5) is 0 Å². The lowest BCUT2D eigenvalue weighted by Crippen LogP contribution is -2.36. The molecule has 2 aliphatic rings. The fraction of sp³-hybridized carbons (Fsp3) is 0.348. The SMILES string of the molecule is Cc1csc(CC(=O)N/N=C\C2=C(N3CCOCC3)C(=Cc3ccccc3)CC2)n1. The molecule has 4 rings (SSSR count). The van der Waals surface area contributed by atoms with Crippen molar-refractivity contribution >= 4 is 29.5 Å². The number of hydrazone groups is 1. The molecule has 1 aliphatic carbocycles. The Balaban J connectivity index is 1.50. The Labute approximate surface area is 181 Å². The van der Waals surface area contributed by atoms with E-state index in [-0.39, 0.29) is 12.3 Å². The monoisotopic (exact) mass is 422 g/mol. The smallest absolute Gasteiger partial charge is 0.246 e. The van der Waals surface area contributed by atoms with Crippen molar-refractivity contribution in [2.45, 2.75) is 26.2 Å². The van der Waals surface area contributed by atoms with Crippen molar-refractivity contribution in [1.82, 2.24) is 15.3 Å². The van der Waals surface area contributed by atoms with Crippen molar-refractivity contribution in [3.63, 3.8) is 0 Å². The Bertz CT molecular complexity index is 972. The molecule has 2 heterocycles. The lowest BCUT2D eigenvalue weighted by molar-refractivity contribution is -0.120. The first-order valence-electron chi connectivity index (χ1n) is 10.2. The van der Waals surface area contributed by atoms with E-state index in [1.54, 1.807) is 0 Å². The second kappa shape index (κ2) is 9.82. The number of aromatic nitrogens is 1. The number of benzene rings is 1. The molecule has 0 bridgehead atoms. The van der Waals surface area contributed by atoms with Gasteiger partial charge in [-0.05, 0) is 42.6 Å². The second-order valence-corrected chi connectivity index (χ2v) is 8.35. The van der Waals surface area contributed by atoms with Gasteiger partial charge in [-0.3, -0.25) is 4.79 Å². The lowest BCUT2D eigenvalue weighted by Gasteiger charge is -2.31. The number of allylic oxidation sites excluding steroid dienone is 2. The third kappa shape index (κ3) is 5.23. The second-order valence-electron chi connectivity index (χ2n) is 7.41. The summed E-state index contributed by atoms with van der Waals surface area (Å²) in [5.74, 6) is -0.146. The van der Waals surface area contributed by atoms with Crippen LogP contribution >= 0.6 is 11.3 Å². The van der Waals surface area contributed by atoms with E-state index in [0.29, 0.717) is 0 Å². The van der Waals surface area contributed by atoms with Crippen molar-refractivity contribution in [2.75, 3.05) is 26.3 Å². The summed E-state index contributed by atoms with van der Waals surface area (Å²) in [6, 6.07) is 10.4. The van der Waals surface area contributed by atoms with Gasteiger partial charge in [-0.25, -0.2) is 10.4 Å². The van der Waals surface area contributed by atoms with Gasteiger partial charge in [0.05, 0.1) is 25.8 Å². The number of morpholine rings is 1. The largest absolute Gasteiger partial charge is 0.378 e. The predicted molar refractivity (Wildman–Crippen MR) is 120 cm³/mol. The van der Waals surface area contributed by atoms with Gasteiger partial charge in [-0.2, -0.15) is 5.10 Å². The number of rotatable bonds is 6. The first kappa shape index (κ1) is 20.5. The molecule has 1 amide bonds. The average Bonchev–Trinajstić information content (AvgIpc) is 3.35. The van der Waals surface area contributed by atoms with E-state index in [9.17, 15) is 4.79 Å². The van der Waals surface area contributed by atoms with Crippen LogP contribution in [0.1, 0.15) is 29.1 Å². The number of aryl methyl sites for hydroxylation is 1. The summed E-state index contributed by atoms with van der Waals surface area (Å²) < 4.78 is 5.54. The molecule has 1 aliphatic heterocycles. The number of hydrogen-bond donors (Lipinski definition) is 1. The summed E-state index contributed by atoms with van der Waals surface area (Å²) in [7, 11) is 0. The van der Waals surface area contributed by atoms with Crippen LogP contribution in [0.3, 0.4) is 0 Å². The zero-order valence-electron chi connectivity index (χ0n) is 17.1. The molecule has 0 atom stereocenters. The van der Waals surface area contributed by atoms with Gasteiger partial charge in [-0.15, -0.1) is 11.3 Å². The Hall–Kier alpha value is -2.77. The van der Waals surface area contributed by atoms with Crippen molar-refractivity contribution in [3.8, 4) is 0 Å². The van der Waals surface area contributed by atoms with E-state index < -0.39 is 0 Å². The molecule has 0 saturated carbocycles. The standard InChI is InChI=1S/C23H26N4O2S/c1-17-16-30-22(25-17)14-21(28)26-24-15-20-8-7-19(13-18-5-3-2-4-6-18)23(20)27-9-11-29-12-10-27/h2-6,13,15-16H,7-12,14H2,1H3,(H,26,28)/b19-13?,24-15-. The third-order valence-corrected chi connectivity index (χ3v) is 6.09. The molecule has 1 fully saturated rings. The highest BCUT2D eigenvalue weighted by atomic mass is 32.1. The van der Waals surface area contributed by atoms with E-state index in [2.05, 4.69) is 50.8 Å². The molecule has 2 aromatic rings. The number of nitrogens with one attached hydrogen (secondary N) is 1. The molecule has 7 heteroatoms. The molecule has 156 valence electrons. The maximum absolute atomic E-state index is 12.2. The maximum atomic E-state index is 12.2. The van der Waals surface area contributed by atoms with Crippen LogP contribution in [0.5, 0.6) is 0 Å². The van der Waals surface area contributed by atoms with Gasteiger partial charge in [0.2, 0.25) is 5.91 Å². The summed E-state index contributed by atoms with van der Waals surface area (Å²) in [6.45, 7) is 5.13. The van der Waals surface area contributed by atoms with Crippen molar-refractivity contribution in [1.29, 1.82) is 0 Å². The highest BCUT2D eigenvalue weighted by Crippen LogP contribution is 2.34. The van der Waals surface area contributed by atoms with Crippen molar-refractivity contribution < 1.29 is 9.53 Å². The van der Waals surface area contributed by atoms with Crippen molar-refractivity contribution in [2.24, 2.45) is 5.10 Å². The van der Waals surface area contributed by atoms with Crippen LogP contribution in [-0.2, 0) is 16.0 Å². The van der Waals surface area contributed by atoms with Crippen LogP contribution in [-0.4, -0.2) is 48.3 Å². The van der Waals surface area contributed by atoms with Gasteiger partial charge in [0.15, 0.2) is 0 Å². The van der Waals surface area contributed by atoms with Gasteiger partial charge in [0.1, 0.15) is 5.01 Å². The molecule has 1 saturated heterocycles. The van der Waals surface area contributed by atoms with E-state index in [1.165, 1.54) is 28.2 Å². The molecular weight excluding hydrogens is 396 g/mol. The third-order valence-electron chi connectivity index (χ3n) is 5.13. The zero-order valence-corrected chi connectivity index (χ0v) is 18.0. The summed E-state index contributed by atoms with van der Waals surface area (Å²) >= 11 is 1.50. The van der Waals surface area contributed by atoms with E-state index in [0.717, 1.165) is 55.4 Å². The van der Waals surface area contributed by atoms with E-state index in [1.807, 2.05) is 24.6 Å². The number of thiazole rings is 1. The van der Waals surface area contributed by atoms with Crippen LogP contribution in [0, 0.1) is 6.92 Å². The van der Waals surface area contributed by atoms with Crippen LogP contribution in [0.15, 0.2) is 57.7 Å². The van der Waals surface area contributed by atoms with Gasteiger partial charge in [0.25, 0.3) is 0 Å². The number of amides is 1. The lowest BCUT2D eigenvalue weighted by atomic mass is 10.1. The highest BCUT2D eigenvalue weighted by Gasteiger charge is 2.25. The zero-order chi connectivity index (χ0) is 20.8. The van der Waals surface area contributed by atoms with Crippen LogP contribution in [0.25, 0.3) is 6.08 Å². The van der Waals surface area contributed by atoms with Gasteiger partial charge >= 0.3 is 0 Å². The summed E-state index contributed by atoms with van der Waals surface area (Å²) in [6.07, 6.45) is 6.20. The van der Waals surface area contributed by atoms with Gasteiger partial charge in [0, 0.05) is 29.9 Å². The number of ether oxygens (including phenoxy) is 1. The molecule has 1 N–H and O–H groups in total. The Morgan fingerprint density at radius 2 is 2.07 bits per heavy atom. The topological polar surface area (TPSA) is 66.8 Å². The molecule has 1 aromatic heterocycles. The predicted octanol–water partition coefficient (Wildman–Crippen LogP) is 3.56. The molecule has 0 unspecified atom stereocenters. The molecule has 1 aromatic carbocycles. The Kier molecular flexibility index (Phi) is 6.71. The minimum absolute atomic E-state index is 0.146. The van der Waals surface area contributed by atoms with Crippen molar-refractivity contribution in [3.05, 3.63) is 68.8 Å². The molecule has 30 heavy (non-hydrogen) atoms. The fourth-order valence-corrected chi connectivity index (χ4v) is 4.54. The van der Waals surface area contributed by atoms with E-state index in [4.69, 9.17) is 4.74 Å². The van der Waals surface area contributed by atoms with Crippen LogP contribution in [0.2, 0.25) is 0 Å². The Morgan fingerprint density at radius 1 is 1.27 bits per heavy atom. The number of carbonyl (C=O) groups excluding carboxylic acids is 1. The molecule has 6 nitrogen and oxygen atoms in total. The molecule has 0 radical (unpaired) electrons. The van der Waals surface area contributed by atoms with E-state index >= 15 is 0 Å². The van der Waals surface area contributed by atoms with Gasteiger partial charge in [-0.1, -0.05) is 30.3 Å². The van der Waals surface area contributed by atoms with Crippen LogP contribution < -0.4 is 5.43 Å². The first-order valence-corrected chi connectivity index (χ1v) is 11.1. The number of nitrogens with zero attached hydrogens (tertiary/aromatic N) is 3. The minimum Gasteiger partial charge on any atom is -0.378 e. The maximum Gasteiger partial charge on any atom is 0.246 e. The summed E-state index contributed by atoms with van der Waals surface area (Å²) in [5, 5.41) is 7.01. The summed E-state index contributed by atoms with van der Waals surface area (Å²) in [5.41, 5.74) is 8.50. The molecular formula is C23H26N4O2S. The summed E-state index contributed by atoms with van der Waals surface area (Å²) in [4.78, 5) is 18.9.